The smallest absolute Gasteiger partial charge is 0.416 e. The average molecular weight is 637 g/mol. The van der Waals surface area contributed by atoms with Crippen LogP contribution in [0.2, 0.25) is 0 Å². The lowest BCUT2D eigenvalue weighted by Gasteiger charge is -2.63. The highest BCUT2D eigenvalue weighted by atomic mass is 19.4. The van der Waals surface area contributed by atoms with Crippen molar-refractivity contribution < 1.29 is 32.7 Å². The largest absolute Gasteiger partial charge is 0.465 e. The van der Waals surface area contributed by atoms with E-state index in [1.165, 1.54) is 15.9 Å². The molecule has 4 aliphatic rings. The van der Waals surface area contributed by atoms with Crippen LogP contribution < -0.4 is 4.90 Å². The van der Waals surface area contributed by atoms with Gasteiger partial charge >= 0.3 is 12.3 Å². The molecule has 2 aliphatic carbocycles. The van der Waals surface area contributed by atoms with E-state index >= 15 is 0 Å². The molecule has 2 aliphatic heterocycles. The molecule has 3 aromatic rings. The van der Waals surface area contributed by atoms with Crippen LogP contribution in [-0.2, 0) is 36.5 Å². The Morgan fingerprint density at radius 1 is 1.11 bits per heavy atom. The molecule has 0 unspecified atom stereocenters. The first-order chi connectivity index (χ1) is 21.6. The van der Waals surface area contributed by atoms with Gasteiger partial charge in [0.25, 0.3) is 5.91 Å². The van der Waals surface area contributed by atoms with Crippen LogP contribution in [0.4, 0.5) is 23.7 Å². The second kappa shape index (κ2) is 10.0. The monoisotopic (exact) mass is 636 g/mol. The van der Waals surface area contributed by atoms with E-state index in [2.05, 4.69) is 10.2 Å². The lowest BCUT2D eigenvalue weighted by Crippen LogP contribution is -2.68. The Morgan fingerprint density at radius 3 is 2.39 bits per heavy atom. The maximum Gasteiger partial charge on any atom is 0.416 e. The van der Waals surface area contributed by atoms with Crippen molar-refractivity contribution in [3.05, 3.63) is 76.4 Å². The number of aromatic nitrogens is 3. The number of carbonyl (C=O) groups excluding carboxylic acids is 2. The fourth-order valence-corrected chi connectivity index (χ4v) is 8.27. The number of anilines is 1. The van der Waals surface area contributed by atoms with Crippen molar-refractivity contribution in [2.45, 2.75) is 76.2 Å². The lowest BCUT2D eigenvalue weighted by molar-refractivity contribution is -0.154. The Kier molecular flexibility index (Phi) is 6.60. The quantitative estimate of drug-likeness (QED) is 0.391. The van der Waals surface area contributed by atoms with Gasteiger partial charge in [0.05, 0.1) is 17.5 Å². The third-order valence-corrected chi connectivity index (χ3v) is 10.8. The highest BCUT2D eigenvalue weighted by molar-refractivity contribution is 6.10. The number of hydrogen-bond acceptors (Lipinski definition) is 5. The number of carbonyl (C=O) groups is 3. The molecule has 0 radical (unpaired) electrons. The number of aryl methyl sites for hydroxylation is 1. The minimum absolute atomic E-state index is 0.0326. The van der Waals surface area contributed by atoms with Crippen LogP contribution in [0.15, 0.2) is 42.7 Å². The van der Waals surface area contributed by atoms with E-state index in [4.69, 9.17) is 0 Å². The number of likely N-dealkylation sites (tertiary alicyclic amines) is 1. The van der Waals surface area contributed by atoms with E-state index in [-0.39, 0.29) is 41.1 Å². The summed E-state index contributed by atoms with van der Waals surface area (Å²) >= 11 is 0. The van der Waals surface area contributed by atoms with Gasteiger partial charge in [-0.3, -0.25) is 14.5 Å². The number of carboxylic acid groups (broad SMARTS) is 1. The van der Waals surface area contributed by atoms with E-state index in [9.17, 15) is 32.7 Å². The minimum atomic E-state index is -4.74. The molecule has 7 rings (SSSR count). The normalized spacial score (nSPS) is 20.5. The van der Waals surface area contributed by atoms with Gasteiger partial charge in [-0.2, -0.15) is 13.2 Å². The van der Waals surface area contributed by atoms with Crippen molar-refractivity contribution in [2.75, 3.05) is 18.0 Å². The summed E-state index contributed by atoms with van der Waals surface area (Å²) in [6.45, 7) is 4.16. The Morgan fingerprint density at radius 2 is 1.83 bits per heavy atom. The van der Waals surface area contributed by atoms with Crippen LogP contribution >= 0.6 is 0 Å². The van der Waals surface area contributed by atoms with Crippen molar-refractivity contribution in [2.24, 2.45) is 12.5 Å². The van der Waals surface area contributed by atoms with Crippen molar-refractivity contribution >= 4 is 23.6 Å². The van der Waals surface area contributed by atoms with Gasteiger partial charge in [-0.25, -0.2) is 4.79 Å². The summed E-state index contributed by atoms with van der Waals surface area (Å²) in [6.07, 6.45) is -0.770. The molecule has 13 heteroatoms. The number of nitrogens with zero attached hydrogens (tertiary/aromatic N) is 6. The third-order valence-electron chi connectivity index (χ3n) is 10.8. The van der Waals surface area contributed by atoms with Gasteiger partial charge in [0.1, 0.15) is 12.2 Å². The van der Waals surface area contributed by atoms with Crippen LogP contribution in [0.1, 0.15) is 84.4 Å². The summed E-state index contributed by atoms with van der Waals surface area (Å²) in [5, 5.41) is 18.4. The van der Waals surface area contributed by atoms with Gasteiger partial charge in [0.2, 0.25) is 5.91 Å². The Balaban J connectivity index is 1.22. The van der Waals surface area contributed by atoms with Crippen LogP contribution in [0.3, 0.4) is 0 Å². The van der Waals surface area contributed by atoms with E-state index in [1.54, 1.807) is 32.3 Å². The second-order valence-corrected chi connectivity index (χ2v) is 13.9. The minimum Gasteiger partial charge on any atom is -0.465 e. The first-order valence-corrected chi connectivity index (χ1v) is 15.4. The molecule has 2 saturated carbocycles. The summed E-state index contributed by atoms with van der Waals surface area (Å²) in [5.41, 5.74) is -0.880. The molecule has 1 aromatic heterocycles. The summed E-state index contributed by atoms with van der Waals surface area (Å²) in [4.78, 5) is 42.2. The highest BCUT2D eigenvalue weighted by Crippen LogP contribution is 2.62. The molecule has 3 amide bonds. The van der Waals surface area contributed by atoms with Crippen molar-refractivity contribution in [3.63, 3.8) is 0 Å². The van der Waals surface area contributed by atoms with Crippen molar-refractivity contribution in [3.8, 4) is 0 Å². The number of alkyl halides is 3. The SMILES string of the molecule is CC(=O)N1CC2(C1)CC(c1cccc(N3Cc4c(cc(CN(C(=O)O)C5(C)CCC5)cc4C(F)(F)F)C3=O)c1)(c1nncn1C)C2. The zero-order chi connectivity index (χ0) is 32.8. The van der Waals surface area contributed by atoms with Gasteiger partial charge in [-0.15, -0.1) is 10.2 Å². The van der Waals surface area contributed by atoms with Crippen LogP contribution in [0, 0.1) is 5.41 Å². The van der Waals surface area contributed by atoms with E-state index < -0.39 is 34.7 Å². The second-order valence-electron chi connectivity index (χ2n) is 13.9. The maximum absolute atomic E-state index is 14.4. The van der Waals surface area contributed by atoms with Crippen LogP contribution in [0.5, 0.6) is 0 Å². The predicted octanol–water partition coefficient (Wildman–Crippen LogP) is 5.35. The number of hydrogen-bond donors (Lipinski definition) is 1. The first kappa shape index (κ1) is 30.2. The molecule has 10 nitrogen and oxygen atoms in total. The van der Waals surface area contributed by atoms with Gasteiger partial charge in [-0.1, -0.05) is 12.1 Å². The molecular formula is C33H35F3N6O4. The lowest BCUT2D eigenvalue weighted by atomic mass is 9.47. The number of fused-ring (bicyclic) bond motifs is 1. The molecule has 2 aromatic carbocycles. The highest BCUT2D eigenvalue weighted by Gasteiger charge is 2.63. The topological polar surface area (TPSA) is 112 Å². The first-order valence-electron chi connectivity index (χ1n) is 15.4. The molecule has 3 fully saturated rings. The average Bonchev–Trinajstić information content (AvgIpc) is 3.51. The van der Waals surface area contributed by atoms with Crippen molar-refractivity contribution in [1.29, 1.82) is 0 Å². The number of benzene rings is 2. The summed E-state index contributed by atoms with van der Waals surface area (Å²) in [7, 11) is 1.86. The van der Waals surface area contributed by atoms with Gasteiger partial charge in [-0.05, 0) is 80.0 Å². The van der Waals surface area contributed by atoms with Gasteiger partial charge in [0, 0.05) is 55.8 Å². The van der Waals surface area contributed by atoms with Gasteiger partial charge < -0.3 is 19.5 Å². The molecule has 46 heavy (non-hydrogen) atoms. The molecule has 0 atom stereocenters. The molecular weight excluding hydrogens is 601 g/mol. The zero-order valence-corrected chi connectivity index (χ0v) is 25.9. The Hall–Kier alpha value is -4.42. The third kappa shape index (κ3) is 4.57. The predicted molar refractivity (Wildman–Crippen MR) is 160 cm³/mol. The molecule has 0 bridgehead atoms. The summed E-state index contributed by atoms with van der Waals surface area (Å²) in [6, 6.07) is 9.72. The summed E-state index contributed by atoms with van der Waals surface area (Å²) < 4.78 is 45.2. The van der Waals surface area contributed by atoms with Crippen LogP contribution in [-0.4, -0.2) is 66.2 Å². The molecule has 1 N–H and O–H groups in total. The zero-order valence-electron chi connectivity index (χ0n) is 25.9. The Labute approximate surface area is 263 Å². The fraction of sp³-hybridized carbons (Fsp3) is 0.485. The Bertz CT molecular complexity index is 1770. The number of rotatable bonds is 6. The fourth-order valence-electron chi connectivity index (χ4n) is 8.27. The molecule has 242 valence electrons. The maximum atomic E-state index is 14.4. The number of halogens is 3. The standard InChI is InChI=1S/C33H35F3N6O4/c1-20(43)40-17-31(18-40)15-32(16-31,28-38-37-19-39(28)3)22-6-4-7-23(12-22)41-14-25-24(27(41)44)10-21(11-26(25)33(34,35)36)13-42(29(45)46)30(2)8-5-9-30/h4,6-7,10-12,19H,5,8-9,13-18H2,1-3H3,(H,45,46). The van der Waals surface area contributed by atoms with Gasteiger partial charge in [0.15, 0.2) is 0 Å². The number of amides is 3. The van der Waals surface area contributed by atoms with Crippen molar-refractivity contribution in [1.82, 2.24) is 24.6 Å². The van der Waals surface area contributed by atoms with E-state index in [0.29, 0.717) is 44.5 Å². The van der Waals surface area contributed by atoms with E-state index in [1.807, 2.05) is 28.6 Å². The molecule has 1 spiro atoms. The summed E-state index contributed by atoms with van der Waals surface area (Å²) in [5.74, 6) is 0.218. The molecule has 3 heterocycles. The van der Waals surface area contributed by atoms with Crippen LogP contribution in [0.25, 0.3) is 0 Å². The van der Waals surface area contributed by atoms with E-state index in [0.717, 1.165) is 23.9 Å². The molecule has 1 saturated heterocycles.